The molecule has 1 saturated heterocycles. The van der Waals surface area contributed by atoms with E-state index in [4.69, 9.17) is 0 Å². The molecular weight excluding hydrogens is 348 g/mol. The van der Waals surface area contributed by atoms with Crippen molar-refractivity contribution >= 4 is 11.7 Å². The number of piperazine rings is 1. The van der Waals surface area contributed by atoms with E-state index in [1.54, 1.807) is 4.90 Å². The van der Waals surface area contributed by atoms with E-state index in [0.717, 1.165) is 37.2 Å². The maximum atomic E-state index is 13.9. The van der Waals surface area contributed by atoms with Crippen LogP contribution in [0.2, 0.25) is 0 Å². The zero-order chi connectivity index (χ0) is 18.8. The number of nitrogens with one attached hydrogen (secondary N) is 1. The van der Waals surface area contributed by atoms with Crippen LogP contribution in [0.25, 0.3) is 0 Å². The van der Waals surface area contributed by atoms with E-state index in [1.165, 1.54) is 18.9 Å². The molecule has 2 aromatic carbocycles. The lowest BCUT2D eigenvalue weighted by Gasteiger charge is -2.41. The largest absolute Gasteiger partial charge is 0.322 e. The van der Waals surface area contributed by atoms with Crippen LogP contribution in [-0.4, -0.2) is 47.5 Å². The lowest BCUT2D eigenvalue weighted by molar-refractivity contribution is 0.0953. The summed E-state index contributed by atoms with van der Waals surface area (Å²) in [5, 5.41) is 2.44. The van der Waals surface area contributed by atoms with Gasteiger partial charge in [0, 0.05) is 25.7 Å². The highest BCUT2D eigenvalue weighted by molar-refractivity contribution is 5.90. The first-order chi connectivity index (χ1) is 13.1. The summed E-state index contributed by atoms with van der Waals surface area (Å²) >= 11 is 0. The first-order valence-corrected chi connectivity index (χ1v) is 9.41. The summed E-state index contributed by atoms with van der Waals surface area (Å²) in [6, 6.07) is 13.7. The second kappa shape index (κ2) is 7.64. The van der Waals surface area contributed by atoms with E-state index in [-0.39, 0.29) is 11.7 Å². The Morgan fingerprint density at radius 2 is 1.70 bits per heavy atom. The number of halogens is 2. The second-order valence-electron chi connectivity index (χ2n) is 7.29. The van der Waals surface area contributed by atoms with Crippen LogP contribution in [0, 0.1) is 11.6 Å². The number of benzene rings is 2. The number of rotatable bonds is 4. The third-order valence-electron chi connectivity index (χ3n) is 5.35. The molecule has 1 heterocycles. The quantitative estimate of drug-likeness (QED) is 0.885. The van der Waals surface area contributed by atoms with Gasteiger partial charge < -0.3 is 10.2 Å². The van der Waals surface area contributed by atoms with Crippen LogP contribution in [0.15, 0.2) is 48.5 Å². The standard InChI is InChI=1S/C21H23F2N3O/c22-18-7-4-8-19(23)20(18)24-21(27)26-12-11-25(16-9-10-16)14-17(26)13-15-5-2-1-3-6-15/h1-8,16-17H,9-14H2,(H,24,27). The topological polar surface area (TPSA) is 35.6 Å². The number of carbonyl (C=O) groups is 1. The minimum absolute atomic E-state index is 0.0309. The maximum absolute atomic E-state index is 13.9. The molecule has 142 valence electrons. The highest BCUT2D eigenvalue weighted by atomic mass is 19.1. The summed E-state index contributed by atoms with van der Waals surface area (Å²) < 4.78 is 27.8. The third kappa shape index (κ3) is 4.11. The molecule has 1 saturated carbocycles. The van der Waals surface area contributed by atoms with Gasteiger partial charge in [-0.05, 0) is 37.0 Å². The lowest BCUT2D eigenvalue weighted by Crippen LogP contribution is -2.57. The summed E-state index contributed by atoms with van der Waals surface area (Å²) in [6.07, 6.45) is 3.15. The Hall–Kier alpha value is -2.47. The smallest absolute Gasteiger partial charge is 0.319 e. The Balaban J connectivity index is 1.52. The van der Waals surface area contributed by atoms with Crippen molar-refractivity contribution in [2.45, 2.75) is 31.3 Å². The first-order valence-electron chi connectivity index (χ1n) is 9.41. The second-order valence-corrected chi connectivity index (χ2v) is 7.29. The normalized spacial score (nSPS) is 20.5. The predicted molar refractivity (Wildman–Crippen MR) is 101 cm³/mol. The molecule has 1 atom stereocenters. The highest BCUT2D eigenvalue weighted by Gasteiger charge is 2.37. The third-order valence-corrected chi connectivity index (χ3v) is 5.35. The van der Waals surface area contributed by atoms with Crippen molar-refractivity contribution in [2.75, 3.05) is 25.0 Å². The van der Waals surface area contributed by atoms with Crippen LogP contribution in [0.4, 0.5) is 19.3 Å². The van der Waals surface area contributed by atoms with Crippen molar-refractivity contribution in [1.29, 1.82) is 0 Å². The fraction of sp³-hybridized carbons (Fsp3) is 0.381. The molecule has 1 aliphatic carbocycles. The average molecular weight is 371 g/mol. The molecule has 2 aliphatic rings. The Morgan fingerprint density at radius 3 is 2.37 bits per heavy atom. The maximum Gasteiger partial charge on any atom is 0.322 e. The van der Waals surface area contributed by atoms with Gasteiger partial charge in [-0.3, -0.25) is 4.90 Å². The van der Waals surface area contributed by atoms with E-state index < -0.39 is 17.7 Å². The number of anilines is 1. The lowest BCUT2D eigenvalue weighted by atomic mass is 10.0. The molecule has 0 aromatic heterocycles. The van der Waals surface area contributed by atoms with E-state index >= 15 is 0 Å². The minimum atomic E-state index is -0.764. The number of urea groups is 1. The van der Waals surface area contributed by atoms with Gasteiger partial charge in [0.05, 0.1) is 6.04 Å². The zero-order valence-electron chi connectivity index (χ0n) is 15.1. The summed E-state index contributed by atoms with van der Waals surface area (Å²) in [5.74, 6) is -1.53. The predicted octanol–water partition coefficient (Wildman–Crippen LogP) is 3.89. The van der Waals surface area contributed by atoms with E-state index in [2.05, 4.69) is 10.2 Å². The van der Waals surface area contributed by atoms with Crippen molar-refractivity contribution in [2.24, 2.45) is 0 Å². The van der Waals surface area contributed by atoms with Crippen LogP contribution in [0.5, 0.6) is 0 Å². The van der Waals surface area contributed by atoms with Crippen molar-refractivity contribution in [1.82, 2.24) is 9.80 Å². The van der Waals surface area contributed by atoms with Gasteiger partial charge in [-0.25, -0.2) is 13.6 Å². The number of hydrogen-bond acceptors (Lipinski definition) is 2. The Labute approximate surface area is 157 Å². The van der Waals surface area contributed by atoms with Gasteiger partial charge in [-0.15, -0.1) is 0 Å². The summed E-state index contributed by atoms with van der Waals surface area (Å²) in [6.45, 7) is 2.13. The number of para-hydroxylation sites is 1. The molecule has 2 fully saturated rings. The Bertz CT molecular complexity index is 790. The van der Waals surface area contributed by atoms with E-state index in [9.17, 15) is 13.6 Å². The molecule has 27 heavy (non-hydrogen) atoms. The van der Waals surface area contributed by atoms with Gasteiger partial charge in [0.15, 0.2) is 0 Å². The van der Waals surface area contributed by atoms with E-state index in [1.807, 2.05) is 30.3 Å². The summed E-state index contributed by atoms with van der Waals surface area (Å²) in [5.41, 5.74) is 0.764. The molecule has 1 N–H and O–H groups in total. The Morgan fingerprint density at radius 1 is 1.00 bits per heavy atom. The first kappa shape index (κ1) is 17.9. The van der Waals surface area contributed by atoms with Crippen LogP contribution in [0.1, 0.15) is 18.4 Å². The van der Waals surface area contributed by atoms with Crippen LogP contribution in [-0.2, 0) is 6.42 Å². The number of amides is 2. The van der Waals surface area contributed by atoms with Crippen molar-refractivity contribution in [3.8, 4) is 0 Å². The molecule has 0 bridgehead atoms. The number of hydrogen-bond donors (Lipinski definition) is 1. The van der Waals surface area contributed by atoms with Gasteiger partial charge in [0.1, 0.15) is 17.3 Å². The molecule has 6 heteroatoms. The van der Waals surface area contributed by atoms with Gasteiger partial charge in [0.2, 0.25) is 0 Å². The monoisotopic (exact) mass is 371 g/mol. The summed E-state index contributed by atoms with van der Waals surface area (Å²) in [4.78, 5) is 17.0. The van der Waals surface area contributed by atoms with Crippen molar-refractivity contribution in [3.05, 3.63) is 65.7 Å². The molecule has 4 rings (SSSR count). The van der Waals surface area contributed by atoms with Gasteiger partial charge in [0.25, 0.3) is 0 Å². The van der Waals surface area contributed by atoms with Gasteiger partial charge >= 0.3 is 6.03 Å². The fourth-order valence-corrected chi connectivity index (χ4v) is 3.77. The van der Waals surface area contributed by atoms with E-state index in [0.29, 0.717) is 12.6 Å². The fourth-order valence-electron chi connectivity index (χ4n) is 3.77. The molecule has 0 radical (unpaired) electrons. The van der Waals surface area contributed by atoms with Gasteiger partial charge in [-0.1, -0.05) is 36.4 Å². The molecular formula is C21H23F2N3O. The summed E-state index contributed by atoms with van der Waals surface area (Å²) in [7, 11) is 0. The van der Waals surface area contributed by atoms with Crippen molar-refractivity contribution in [3.63, 3.8) is 0 Å². The minimum Gasteiger partial charge on any atom is -0.319 e. The SMILES string of the molecule is O=C(Nc1c(F)cccc1F)N1CCN(C2CC2)CC1Cc1ccccc1. The molecule has 1 aliphatic heterocycles. The molecule has 1 unspecified atom stereocenters. The highest BCUT2D eigenvalue weighted by Crippen LogP contribution is 2.30. The molecule has 2 amide bonds. The molecule has 4 nitrogen and oxygen atoms in total. The molecule has 0 spiro atoms. The number of carbonyl (C=O) groups excluding carboxylic acids is 1. The van der Waals surface area contributed by atoms with Gasteiger partial charge in [-0.2, -0.15) is 0 Å². The van der Waals surface area contributed by atoms with Crippen LogP contribution >= 0.6 is 0 Å². The average Bonchev–Trinajstić information content (AvgIpc) is 3.51. The van der Waals surface area contributed by atoms with Crippen LogP contribution < -0.4 is 5.32 Å². The molecule has 2 aromatic rings. The Kier molecular flexibility index (Phi) is 5.07. The van der Waals surface area contributed by atoms with Crippen LogP contribution in [0.3, 0.4) is 0 Å². The van der Waals surface area contributed by atoms with Crippen molar-refractivity contribution < 1.29 is 13.6 Å². The zero-order valence-corrected chi connectivity index (χ0v) is 15.1. The number of nitrogens with zero attached hydrogens (tertiary/aromatic N) is 2.